The molecule has 0 heterocycles. The molecule has 27 heavy (non-hydrogen) atoms. The number of hydrogen-bond donors (Lipinski definition) is 1. The number of para-hydroxylation sites is 1. The lowest BCUT2D eigenvalue weighted by Crippen LogP contribution is -2.17. The second kappa shape index (κ2) is 8.11. The quantitative estimate of drug-likeness (QED) is 0.568. The smallest absolute Gasteiger partial charge is 0.0722 e. The third kappa shape index (κ3) is 4.04. The van der Waals surface area contributed by atoms with Crippen molar-refractivity contribution in [3.8, 4) is 11.1 Å². The van der Waals surface area contributed by atoms with Gasteiger partial charge < -0.3 is 4.90 Å². The Morgan fingerprint density at radius 1 is 0.815 bits per heavy atom. The summed E-state index contributed by atoms with van der Waals surface area (Å²) in [5.74, 6) is 0. The molecule has 0 aliphatic heterocycles. The van der Waals surface area contributed by atoms with Crippen molar-refractivity contribution >= 4 is 17.1 Å². The predicted octanol–water partition coefficient (Wildman–Crippen LogP) is 5.98. The minimum atomic E-state index is 0.763. The van der Waals surface area contributed by atoms with Crippen LogP contribution in [-0.4, -0.2) is 19.3 Å². The molecule has 3 aromatic rings. The Bertz CT molecular complexity index is 925. The Kier molecular flexibility index (Phi) is 5.63. The SMILES string of the molecule is C/C=C(/c1ccc(-c2ccc(N(C)C)cc2)cc1)N(O)c1ccccc1C. The van der Waals surface area contributed by atoms with E-state index in [-0.39, 0.29) is 0 Å². The van der Waals surface area contributed by atoms with Crippen molar-refractivity contribution in [1.82, 2.24) is 0 Å². The second-order valence-corrected chi connectivity index (χ2v) is 6.79. The molecule has 0 saturated heterocycles. The highest BCUT2D eigenvalue weighted by Crippen LogP contribution is 2.29. The summed E-state index contributed by atoms with van der Waals surface area (Å²) >= 11 is 0. The van der Waals surface area contributed by atoms with E-state index < -0.39 is 0 Å². The first-order valence-corrected chi connectivity index (χ1v) is 9.10. The van der Waals surface area contributed by atoms with Crippen LogP contribution in [0.3, 0.4) is 0 Å². The molecular weight excluding hydrogens is 332 g/mol. The van der Waals surface area contributed by atoms with Gasteiger partial charge in [-0.3, -0.25) is 5.21 Å². The van der Waals surface area contributed by atoms with Crippen LogP contribution in [0.2, 0.25) is 0 Å². The molecule has 3 nitrogen and oxygen atoms in total. The van der Waals surface area contributed by atoms with Gasteiger partial charge in [-0.2, -0.15) is 0 Å². The molecule has 0 radical (unpaired) electrons. The lowest BCUT2D eigenvalue weighted by molar-refractivity contribution is 0.303. The molecule has 0 amide bonds. The lowest BCUT2D eigenvalue weighted by Gasteiger charge is -2.22. The molecule has 0 spiro atoms. The van der Waals surface area contributed by atoms with Gasteiger partial charge in [0.25, 0.3) is 0 Å². The van der Waals surface area contributed by atoms with Gasteiger partial charge in [-0.1, -0.05) is 60.7 Å². The summed E-state index contributed by atoms with van der Waals surface area (Å²) < 4.78 is 0. The summed E-state index contributed by atoms with van der Waals surface area (Å²) in [5, 5.41) is 12.0. The fourth-order valence-corrected chi connectivity index (χ4v) is 3.13. The van der Waals surface area contributed by atoms with Crippen molar-refractivity contribution in [1.29, 1.82) is 0 Å². The van der Waals surface area contributed by atoms with Gasteiger partial charge in [0.15, 0.2) is 0 Å². The zero-order chi connectivity index (χ0) is 19.4. The monoisotopic (exact) mass is 358 g/mol. The molecule has 0 atom stereocenters. The van der Waals surface area contributed by atoms with E-state index in [1.807, 2.05) is 70.4 Å². The number of rotatable bonds is 5. The van der Waals surface area contributed by atoms with Gasteiger partial charge in [-0.05, 0) is 48.7 Å². The standard InChI is InChI=1S/C24H26N2O/c1-5-23(26(27)24-9-7-6-8-18(24)2)21-12-10-19(11-13-21)20-14-16-22(17-15-20)25(3)4/h5-17,27H,1-4H3/b23-5-. The number of benzene rings is 3. The number of hydrogen-bond acceptors (Lipinski definition) is 3. The van der Waals surface area contributed by atoms with E-state index in [9.17, 15) is 5.21 Å². The van der Waals surface area contributed by atoms with E-state index in [4.69, 9.17) is 0 Å². The molecule has 0 saturated carbocycles. The first-order chi connectivity index (χ1) is 13.0. The topological polar surface area (TPSA) is 26.7 Å². The molecule has 138 valence electrons. The summed E-state index contributed by atoms with van der Waals surface area (Å²) in [6.07, 6.45) is 1.92. The zero-order valence-electron chi connectivity index (χ0n) is 16.3. The number of hydroxylamine groups is 1. The van der Waals surface area contributed by atoms with Crippen LogP contribution in [0.4, 0.5) is 11.4 Å². The molecular formula is C24H26N2O. The number of aryl methyl sites for hydroxylation is 1. The third-order valence-electron chi connectivity index (χ3n) is 4.74. The molecule has 0 unspecified atom stereocenters. The highest BCUT2D eigenvalue weighted by Gasteiger charge is 2.13. The predicted molar refractivity (Wildman–Crippen MR) is 115 cm³/mol. The molecule has 1 N–H and O–H groups in total. The van der Waals surface area contributed by atoms with Crippen LogP contribution in [0.1, 0.15) is 18.1 Å². The van der Waals surface area contributed by atoms with Gasteiger partial charge in [-0.25, -0.2) is 5.06 Å². The fraction of sp³-hybridized carbons (Fsp3) is 0.167. The summed E-state index contributed by atoms with van der Waals surface area (Å²) in [6, 6.07) is 24.6. The van der Waals surface area contributed by atoms with E-state index in [0.29, 0.717) is 0 Å². The summed E-state index contributed by atoms with van der Waals surface area (Å²) in [4.78, 5) is 2.09. The van der Waals surface area contributed by atoms with Gasteiger partial charge >= 0.3 is 0 Å². The average molecular weight is 358 g/mol. The van der Waals surface area contributed by atoms with Crippen LogP contribution >= 0.6 is 0 Å². The summed E-state index contributed by atoms with van der Waals surface area (Å²) in [7, 11) is 4.08. The van der Waals surface area contributed by atoms with Gasteiger partial charge in [0.2, 0.25) is 0 Å². The van der Waals surface area contributed by atoms with Gasteiger partial charge in [0.1, 0.15) is 0 Å². The van der Waals surface area contributed by atoms with Crippen LogP contribution in [0.25, 0.3) is 16.8 Å². The molecule has 3 heteroatoms. The molecule has 0 bridgehead atoms. The van der Waals surface area contributed by atoms with Crippen LogP contribution in [0.15, 0.2) is 78.9 Å². The van der Waals surface area contributed by atoms with Crippen molar-refractivity contribution < 1.29 is 5.21 Å². The normalized spacial score (nSPS) is 11.4. The highest BCUT2D eigenvalue weighted by molar-refractivity contribution is 5.79. The Hall–Kier alpha value is -3.04. The van der Waals surface area contributed by atoms with Crippen molar-refractivity contribution in [2.75, 3.05) is 24.1 Å². The number of allylic oxidation sites excluding steroid dienone is 1. The minimum absolute atomic E-state index is 0.763. The maximum absolute atomic E-state index is 10.7. The van der Waals surface area contributed by atoms with Crippen LogP contribution in [-0.2, 0) is 0 Å². The summed E-state index contributed by atoms with van der Waals surface area (Å²) in [5.41, 5.74) is 7.05. The average Bonchev–Trinajstić information content (AvgIpc) is 2.69. The van der Waals surface area contributed by atoms with Crippen LogP contribution < -0.4 is 9.96 Å². The molecule has 3 rings (SSSR count). The Labute approximate surface area is 161 Å². The highest BCUT2D eigenvalue weighted by atomic mass is 16.5. The van der Waals surface area contributed by atoms with Crippen molar-refractivity contribution in [2.24, 2.45) is 0 Å². The first kappa shape index (κ1) is 18.7. The summed E-state index contributed by atoms with van der Waals surface area (Å²) in [6.45, 7) is 3.93. The first-order valence-electron chi connectivity index (χ1n) is 9.10. The van der Waals surface area contributed by atoms with E-state index in [2.05, 4.69) is 41.3 Å². The molecule has 0 aliphatic rings. The molecule has 0 aliphatic carbocycles. The molecule has 0 aromatic heterocycles. The fourth-order valence-electron chi connectivity index (χ4n) is 3.13. The van der Waals surface area contributed by atoms with Gasteiger partial charge in [0, 0.05) is 25.3 Å². The second-order valence-electron chi connectivity index (χ2n) is 6.79. The molecule has 3 aromatic carbocycles. The third-order valence-corrected chi connectivity index (χ3v) is 4.74. The Morgan fingerprint density at radius 3 is 1.89 bits per heavy atom. The maximum Gasteiger partial charge on any atom is 0.0722 e. The van der Waals surface area contributed by atoms with Gasteiger partial charge in [-0.15, -0.1) is 0 Å². The Morgan fingerprint density at radius 2 is 1.37 bits per heavy atom. The lowest BCUT2D eigenvalue weighted by atomic mass is 10.0. The number of anilines is 2. The van der Waals surface area contributed by atoms with E-state index >= 15 is 0 Å². The van der Waals surface area contributed by atoms with Crippen molar-refractivity contribution in [3.63, 3.8) is 0 Å². The van der Waals surface area contributed by atoms with Crippen molar-refractivity contribution in [3.05, 3.63) is 90.0 Å². The number of nitrogens with zero attached hydrogens (tertiary/aromatic N) is 2. The minimum Gasteiger partial charge on any atom is -0.378 e. The Balaban J connectivity index is 1.86. The van der Waals surface area contributed by atoms with Gasteiger partial charge in [0.05, 0.1) is 11.4 Å². The molecule has 0 fully saturated rings. The van der Waals surface area contributed by atoms with Crippen LogP contribution in [0.5, 0.6) is 0 Å². The largest absolute Gasteiger partial charge is 0.378 e. The van der Waals surface area contributed by atoms with Crippen molar-refractivity contribution in [2.45, 2.75) is 13.8 Å². The van der Waals surface area contributed by atoms with Crippen LogP contribution in [0, 0.1) is 6.92 Å². The zero-order valence-corrected chi connectivity index (χ0v) is 16.3. The van der Waals surface area contributed by atoms with E-state index in [1.54, 1.807) is 0 Å². The maximum atomic E-state index is 10.7. The van der Waals surface area contributed by atoms with E-state index in [0.717, 1.165) is 28.1 Å². The van der Waals surface area contributed by atoms with E-state index in [1.165, 1.54) is 16.3 Å².